The van der Waals surface area contributed by atoms with Crippen LogP contribution in [0.2, 0.25) is 0 Å². The van der Waals surface area contributed by atoms with Crippen LogP contribution < -0.4 is 10.1 Å². The van der Waals surface area contributed by atoms with Gasteiger partial charge in [0.15, 0.2) is 5.82 Å². The first-order valence-corrected chi connectivity index (χ1v) is 5.61. The van der Waals surface area contributed by atoms with Crippen molar-refractivity contribution in [2.24, 2.45) is 0 Å². The molecule has 18 heavy (non-hydrogen) atoms. The summed E-state index contributed by atoms with van der Waals surface area (Å²) in [5.74, 6) is 0.668. The molecule has 0 unspecified atom stereocenters. The monoisotopic (exact) mass is 251 g/mol. The smallest absolute Gasteiger partial charge is 0.260 e. The molecule has 0 fully saturated rings. The van der Waals surface area contributed by atoms with Gasteiger partial charge in [-0.25, -0.2) is 4.39 Å². The van der Waals surface area contributed by atoms with Crippen LogP contribution in [0.5, 0.6) is 5.75 Å². The minimum atomic E-state index is -0.451. The highest BCUT2D eigenvalue weighted by atomic mass is 19.1. The van der Waals surface area contributed by atoms with E-state index in [1.165, 1.54) is 13.2 Å². The summed E-state index contributed by atoms with van der Waals surface area (Å²) in [4.78, 5) is 4.11. The molecular weight excluding hydrogens is 237 g/mol. The van der Waals surface area contributed by atoms with Crippen molar-refractivity contribution in [3.8, 4) is 17.2 Å². The van der Waals surface area contributed by atoms with E-state index >= 15 is 0 Å². The van der Waals surface area contributed by atoms with Gasteiger partial charge in [0.1, 0.15) is 11.6 Å². The Kier molecular flexibility index (Phi) is 3.88. The Morgan fingerprint density at radius 2 is 2.28 bits per heavy atom. The molecule has 6 heteroatoms. The molecule has 0 amide bonds. The molecule has 1 aromatic carbocycles. The summed E-state index contributed by atoms with van der Waals surface area (Å²) in [7, 11) is 1.48. The number of aromatic nitrogens is 2. The van der Waals surface area contributed by atoms with Gasteiger partial charge < -0.3 is 14.6 Å². The van der Waals surface area contributed by atoms with E-state index in [0.29, 0.717) is 18.1 Å². The lowest BCUT2D eigenvalue weighted by atomic mass is 10.2. The quantitative estimate of drug-likeness (QED) is 0.880. The van der Waals surface area contributed by atoms with Crippen molar-refractivity contribution < 1.29 is 13.7 Å². The molecule has 2 aromatic rings. The molecule has 96 valence electrons. The average Bonchev–Trinajstić information content (AvgIpc) is 2.84. The van der Waals surface area contributed by atoms with Crippen molar-refractivity contribution in [2.75, 3.05) is 13.7 Å². The average molecular weight is 251 g/mol. The molecule has 0 atom stereocenters. The van der Waals surface area contributed by atoms with Crippen molar-refractivity contribution in [3.05, 3.63) is 29.8 Å². The van der Waals surface area contributed by atoms with E-state index in [2.05, 4.69) is 15.5 Å². The van der Waals surface area contributed by atoms with Crippen LogP contribution in [0.15, 0.2) is 22.7 Å². The van der Waals surface area contributed by atoms with E-state index in [1.54, 1.807) is 12.1 Å². The maximum atomic E-state index is 13.8. The van der Waals surface area contributed by atoms with Crippen molar-refractivity contribution in [1.29, 1.82) is 0 Å². The molecule has 0 saturated heterocycles. The molecular formula is C12H14FN3O2. The molecule has 0 aliphatic carbocycles. The Morgan fingerprint density at radius 1 is 1.44 bits per heavy atom. The van der Waals surface area contributed by atoms with E-state index in [1.807, 2.05) is 6.92 Å². The van der Waals surface area contributed by atoms with Gasteiger partial charge >= 0.3 is 0 Å². The van der Waals surface area contributed by atoms with Crippen molar-refractivity contribution in [2.45, 2.75) is 13.5 Å². The Hall–Kier alpha value is -1.95. The highest BCUT2D eigenvalue weighted by molar-refractivity contribution is 5.55. The lowest BCUT2D eigenvalue weighted by Crippen LogP contribution is -2.12. The summed E-state index contributed by atoms with van der Waals surface area (Å²) in [6, 6.07) is 4.48. The predicted molar refractivity (Wildman–Crippen MR) is 63.6 cm³/mol. The summed E-state index contributed by atoms with van der Waals surface area (Å²) >= 11 is 0. The number of rotatable bonds is 5. The fourth-order valence-electron chi connectivity index (χ4n) is 1.47. The minimum Gasteiger partial charge on any atom is -0.497 e. The third-order valence-electron chi connectivity index (χ3n) is 2.41. The number of methoxy groups -OCH3 is 1. The lowest BCUT2D eigenvalue weighted by Gasteiger charge is -2.01. The van der Waals surface area contributed by atoms with Crippen molar-refractivity contribution in [1.82, 2.24) is 15.5 Å². The summed E-state index contributed by atoms with van der Waals surface area (Å²) < 4.78 is 23.7. The lowest BCUT2D eigenvalue weighted by molar-refractivity contribution is 0.408. The molecule has 0 aliphatic rings. The van der Waals surface area contributed by atoms with Crippen LogP contribution in [-0.4, -0.2) is 23.8 Å². The maximum Gasteiger partial charge on any atom is 0.260 e. The Labute approximate surface area is 104 Å². The van der Waals surface area contributed by atoms with Gasteiger partial charge in [0.05, 0.1) is 19.2 Å². The van der Waals surface area contributed by atoms with E-state index in [9.17, 15) is 4.39 Å². The SMILES string of the molecule is CCNCc1noc(-c2ccc(OC)cc2F)n1. The van der Waals surface area contributed by atoms with Gasteiger partial charge in [0.2, 0.25) is 0 Å². The molecule has 0 saturated carbocycles. The molecule has 1 N–H and O–H groups in total. The number of ether oxygens (including phenoxy) is 1. The topological polar surface area (TPSA) is 60.2 Å². The molecule has 5 nitrogen and oxygen atoms in total. The van der Waals surface area contributed by atoms with Crippen LogP contribution in [-0.2, 0) is 6.54 Å². The number of halogens is 1. The standard InChI is InChI=1S/C12H14FN3O2/c1-3-14-7-11-15-12(18-16-11)9-5-4-8(17-2)6-10(9)13/h4-6,14H,3,7H2,1-2H3. The zero-order valence-electron chi connectivity index (χ0n) is 10.2. The van der Waals surface area contributed by atoms with E-state index in [-0.39, 0.29) is 11.5 Å². The first-order chi connectivity index (χ1) is 8.74. The summed E-state index contributed by atoms with van der Waals surface area (Å²) in [6.45, 7) is 3.28. The van der Waals surface area contributed by atoms with E-state index in [4.69, 9.17) is 9.26 Å². The van der Waals surface area contributed by atoms with Gasteiger partial charge in [-0.3, -0.25) is 0 Å². The molecule has 0 radical (unpaired) electrons. The van der Waals surface area contributed by atoms with Crippen LogP contribution in [0, 0.1) is 5.82 Å². The minimum absolute atomic E-state index is 0.169. The highest BCUT2D eigenvalue weighted by Gasteiger charge is 2.13. The fraction of sp³-hybridized carbons (Fsp3) is 0.333. The van der Waals surface area contributed by atoms with Gasteiger partial charge in [0, 0.05) is 6.07 Å². The second kappa shape index (κ2) is 5.59. The van der Waals surface area contributed by atoms with Crippen molar-refractivity contribution >= 4 is 0 Å². The van der Waals surface area contributed by atoms with Crippen LogP contribution in [0.4, 0.5) is 4.39 Å². The molecule has 0 bridgehead atoms. The van der Waals surface area contributed by atoms with Crippen LogP contribution in [0.25, 0.3) is 11.5 Å². The van der Waals surface area contributed by atoms with Crippen LogP contribution >= 0.6 is 0 Å². The zero-order valence-corrected chi connectivity index (χ0v) is 10.2. The van der Waals surface area contributed by atoms with Crippen LogP contribution in [0.1, 0.15) is 12.7 Å². The number of hydrogen-bond donors (Lipinski definition) is 1. The second-order valence-corrected chi connectivity index (χ2v) is 3.64. The van der Waals surface area contributed by atoms with E-state index < -0.39 is 5.82 Å². The van der Waals surface area contributed by atoms with Gasteiger partial charge in [-0.1, -0.05) is 12.1 Å². The predicted octanol–water partition coefficient (Wildman–Crippen LogP) is 1.99. The largest absolute Gasteiger partial charge is 0.497 e. The molecule has 2 rings (SSSR count). The molecule has 0 aliphatic heterocycles. The number of nitrogens with zero attached hydrogens (tertiary/aromatic N) is 2. The van der Waals surface area contributed by atoms with Crippen LogP contribution in [0.3, 0.4) is 0 Å². The second-order valence-electron chi connectivity index (χ2n) is 3.64. The van der Waals surface area contributed by atoms with Crippen molar-refractivity contribution in [3.63, 3.8) is 0 Å². The zero-order chi connectivity index (χ0) is 13.0. The van der Waals surface area contributed by atoms with Gasteiger partial charge in [-0.15, -0.1) is 0 Å². The number of hydrogen-bond acceptors (Lipinski definition) is 5. The Balaban J connectivity index is 2.23. The summed E-state index contributed by atoms with van der Waals surface area (Å²) in [5.41, 5.74) is 0.269. The summed E-state index contributed by atoms with van der Waals surface area (Å²) in [5, 5.41) is 6.83. The van der Waals surface area contributed by atoms with E-state index in [0.717, 1.165) is 6.54 Å². The normalized spacial score (nSPS) is 10.6. The van der Waals surface area contributed by atoms with Gasteiger partial charge in [-0.05, 0) is 18.7 Å². The van der Waals surface area contributed by atoms with Gasteiger partial charge in [0.25, 0.3) is 5.89 Å². The number of benzene rings is 1. The maximum absolute atomic E-state index is 13.8. The Morgan fingerprint density at radius 3 is 2.94 bits per heavy atom. The Bertz CT molecular complexity index is 528. The van der Waals surface area contributed by atoms with Gasteiger partial charge in [-0.2, -0.15) is 4.98 Å². The first kappa shape index (κ1) is 12.5. The first-order valence-electron chi connectivity index (χ1n) is 5.61. The molecule has 1 aromatic heterocycles. The highest BCUT2D eigenvalue weighted by Crippen LogP contribution is 2.24. The fourth-order valence-corrected chi connectivity index (χ4v) is 1.47. The molecule has 1 heterocycles. The third kappa shape index (κ3) is 2.65. The number of nitrogens with one attached hydrogen (secondary N) is 1. The molecule has 0 spiro atoms. The summed E-state index contributed by atoms with van der Waals surface area (Å²) in [6.07, 6.45) is 0. The third-order valence-corrected chi connectivity index (χ3v) is 2.41.